The fourth-order valence-electron chi connectivity index (χ4n) is 1.46. The van der Waals surface area contributed by atoms with Gasteiger partial charge in [0, 0.05) is 6.54 Å². The molecule has 2 nitrogen and oxygen atoms in total. The van der Waals surface area contributed by atoms with Crippen LogP contribution in [0.4, 0.5) is 0 Å². The van der Waals surface area contributed by atoms with E-state index in [-0.39, 0.29) is 6.10 Å². The Morgan fingerprint density at radius 2 is 2.00 bits per heavy atom. The van der Waals surface area contributed by atoms with Gasteiger partial charge in [0.05, 0.1) is 6.10 Å². The van der Waals surface area contributed by atoms with Gasteiger partial charge in [-0.2, -0.15) is 0 Å². The van der Waals surface area contributed by atoms with Crippen LogP contribution < -0.4 is 5.32 Å². The number of benzene rings is 1. The van der Waals surface area contributed by atoms with Gasteiger partial charge in [0.25, 0.3) is 0 Å². The third-order valence-electron chi connectivity index (χ3n) is 2.64. The maximum absolute atomic E-state index is 9.09. The third kappa shape index (κ3) is 4.45. The summed E-state index contributed by atoms with van der Waals surface area (Å²) in [5, 5.41) is 12.4. The molecule has 0 amide bonds. The fraction of sp³-hybridized carbons (Fsp3) is 0.538. The van der Waals surface area contributed by atoms with Crippen molar-refractivity contribution in [2.45, 2.75) is 39.8 Å². The molecule has 0 saturated carbocycles. The lowest BCUT2D eigenvalue weighted by Crippen LogP contribution is -2.18. The molecule has 0 aliphatic carbocycles. The number of nitrogens with one attached hydrogen (secondary N) is 1. The molecular formula is C13H21NO. The van der Waals surface area contributed by atoms with Crippen LogP contribution >= 0.6 is 0 Å². The van der Waals surface area contributed by atoms with Crippen molar-refractivity contribution in [3.8, 4) is 0 Å². The van der Waals surface area contributed by atoms with Crippen molar-refractivity contribution in [2.24, 2.45) is 0 Å². The summed E-state index contributed by atoms with van der Waals surface area (Å²) in [5.74, 6) is 0. The molecule has 0 saturated heterocycles. The van der Waals surface area contributed by atoms with Crippen LogP contribution in [0.15, 0.2) is 18.2 Å². The summed E-state index contributed by atoms with van der Waals surface area (Å²) in [4.78, 5) is 0. The number of aryl methyl sites for hydroxylation is 2. The molecule has 1 aromatic rings. The van der Waals surface area contributed by atoms with Gasteiger partial charge in [0.2, 0.25) is 0 Å². The lowest BCUT2D eigenvalue weighted by molar-refractivity contribution is 0.183. The van der Waals surface area contributed by atoms with E-state index in [1.807, 2.05) is 6.92 Å². The van der Waals surface area contributed by atoms with E-state index in [0.717, 1.165) is 19.5 Å². The van der Waals surface area contributed by atoms with Crippen LogP contribution in [0.5, 0.6) is 0 Å². The summed E-state index contributed by atoms with van der Waals surface area (Å²) in [6.07, 6.45) is 0.599. The second kappa shape index (κ2) is 5.89. The number of aliphatic hydroxyl groups excluding tert-OH is 1. The quantitative estimate of drug-likeness (QED) is 0.725. The van der Waals surface area contributed by atoms with Gasteiger partial charge >= 0.3 is 0 Å². The highest BCUT2D eigenvalue weighted by molar-refractivity contribution is 5.29. The average molecular weight is 207 g/mol. The molecule has 0 unspecified atom stereocenters. The number of hydrogen-bond acceptors (Lipinski definition) is 2. The van der Waals surface area contributed by atoms with Crippen LogP contribution in [-0.2, 0) is 6.54 Å². The van der Waals surface area contributed by atoms with Crippen molar-refractivity contribution in [1.29, 1.82) is 0 Å². The predicted octanol–water partition coefficient (Wildman–Crippen LogP) is 2.16. The Morgan fingerprint density at radius 1 is 1.27 bits per heavy atom. The van der Waals surface area contributed by atoms with Crippen LogP contribution in [0, 0.1) is 13.8 Å². The smallest absolute Gasteiger partial charge is 0.0524 e. The van der Waals surface area contributed by atoms with Gasteiger partial charge in [-0.3, -0.25) is 0 Å². The monoisotopic (exact) mass is 207 g/mol. The standard InChI is InChI=1S/C13H21NO/c1-10-4-5-13(8-11(10)2)9-14-7-6-12(3)15/h4-5,8,12,14-15H,6-7,9H2,1-3H3/t12-/m1/s1. The molecule has 15 heavy (non-hydrogen) atoms. The van der Waals surface area contributed by atoms with Crippen molar-refractivity contribution in [3.63, 3.8) is 0 Å². The van der Waals surface area contributed by atoms with Gasteiger partial charge in [-0.15, -0.1) is 0 Å². The van der Waals surface area contributed by atoms with Crippen molar-refractivity contribution in [1.82, 2.24) is 5.32 Å². The Labute approximate surface area is 92.3 Å². The van der Waals surface area contributed by atoms with E-state index in [9.17, 15) is 0 Å². The number of aliphatic hydroxyl groups is 1. The molecule has 0 aliphatic rings. The maximum atomic E-state index is 9.09. The van der Waals surface area contributed by atoms with E-state index in [1.54, 1.807) is 0 Å². The first-order valence-corrected chi connectivity index (χ1v) is 5.54. The van der Waals surface area contributed by atoms with E-state index < -0.39 is 0 Å². The van der Waals surface area contributed by atoms with Crippen LogP contribution in [0.3, 0.4) is 0 Å². The second-order valence-corrected chi connectivity index (χ2v) is 4.23. The van der Waals surface area contributed by atoms with Gasteiger partial charge in [-0.25, -0.2) is 0 Å². The zero-order valence-electron chi connectivity index (χ0n) is 9.88. The summed E-state index contributed by atoms with van der Waals surface area (Å²) in [6.45, 7) is 7.82. The molecule has 0 aliphatic heterocycles. The Balaban J connectivity index is 2.35. The first-order chi connectivity index (χ1) is 7.09. The molecular weight excluding hydrogens is 186 g/mol. The molecule has 0 aromatic heterocycles. The average Bonchev–Trinajstić information content (AvgIpc) is 2.18. The molecule has 84 valence electrons. The normalized spacial score (nSPS) is 12.8. The molecule has 2 N–H and O–H groups in total. The minimum Gasteiger partial charge on any atom is -0.393 e. The van der Waals surface area contributed by atoms with Crippen LogP contribution in [0.25, 0.3) is 0 Å². The van der Waals surface area contributed by atoms with Gasteiger partial charge in [0.15, 0.2) is 0 Å². The fourth-order valence-corrected chi connectivity index (χ4v) is 1.46. The first kappa shape index (κ1) is 12.2. The lowest BCUT2D eigenvalue weighted by atomic mass is 10.1. The largest absolute Gasteiger partial charge is 0.393 e. The molecule has 0 radical (unpaired) electrons. The van der Waals surface area contributed by atoms with Gasteiger partial charge in [-0.1, -0.05) is 18.2 Å². The maximum Gasteiger partial charge on any atom is 0.0524 e. The van der Waals surface area contributed by atoms with Crippen molar-refractivity contribution < 1.29 is 5.11 Å². The van der Waals surface area contributed by atoms with E-state index in [4.69, 9.17) is 5.11 Å². The SMILES string of the molecule is Cc1ccc(CNCC[C@@H](C)O)cc1C. The summed E-state index contributed by atoms with van der Waals surface area (Å²) >= 11 is 0. The summed E-state index contributed by atoms with van der Waals surface area (Å²) in [6, 6.07) is 6.52. The topological polar surface area (TPSA) is 32.3 Å². The van der Waals surface area contributed by atoms with Crippen molar-refractivity contribution in [2.75, 3.05) is 6.54 Å². The third-order valence-corrected chi connectivity index (χ3v) is 2.64. The summed E-state index contributed by atoms with van der Waals surface area (Å²) < 4.78 is 0. The molecule has 0 fully saturated rings. The van der Waals surface area contributed by atoms with Crippen molar-refractivity contribution in [3.05, 3.63) is 34.9 Å². The Bertz CT molecular complexity index is 307. The van der Waals surface area contributed by atoms with Gasteiger partial charge < -0.3 is 10.4 Å². The van der Waals surface area contributed by atoms with Gasteiger partial charge in [-0.05, 0) is 50.4 Å². The molecule has 0 heterocycles. The molecule has 2 heteroatoms. The van der Waals surface area contributed by atoms with E-state index in [1.165, 1.54) is 16.7 Å². The highest BCUT2D eigenvalue weighted by Gasteiger charge is 1.97. The lowest BCUT2D eigenvalue weighted by Gasteiger charge is -2.08. The molecule has 1 rings (SSSR count). The summed E-state index contributed by atoms with van der Waals surface area (Å²) in [7, 11) is 0. The summed E-state index contributed by atoms with van der Waals surface area (Å²) in [5.41, 5.74) is 3.98. The Kier molecular flexibility index (Phi) is 4.79. The van der Waals surface area contributed by atoms with Crippen LogP contribution in [-0.4, -0.2) is 17.8 Å². The van der Waals surface area contributed by atoms with Crippen LogP contribution in [0.2, 0.25) is 0 Å². The zero-order chi connectivity index (χ0) is 11.3. The van der Waals surface area contributed by atoms with Crippen LogP contribution in [0.1, 0.15) is 30.0 Å². The number of hydrogen-bond donors (Lipinski definition) is 2. The van der Waals surface area contributed by atoms with Gasteiger partial charge in [0.1, 0.15) is 0 Å². The minimum absolute atomic E-state index is 0.211. The minimum atomic E-state index is -0.211. The van der Waals surface area contributed by atoms with E-state index in [2.05, 4.69) is 37.4 Å². The Morgan fingerprint density at radius 3 is 2.60 bits per heavy atom. The molecule has 0 bridgehead atoms. The Hall–Kier alpha value is -0.860. The van der Waals surface area contributed by atoms with E-state index >= 15 is 0 Å². The zero-order valence-corrected chi connectivity index (χ0v) is 9.88. The second-order valence-electron chi connectivity index (χ2n) is 4.23. The van der Waals surface area contributed by atoms with Crippen molar-refractivity contribution >= 4 is 0 Å². The molecule has 0 spiro atoms. The number of rotatable bonds is 5. The van der Waals surface area contributed by atoms with E-state index in [0.29, 0.717) is 0 Å². The molecule has 1 atom stereocenters. The highest BCUT2D eigenvalue weighted by atomic mass is 16.3. The molecule has 1 aromatic carbocycles. The first-order valence-electron chi connectivity index (χ1n) is 5.54. The highest BCUT2D eigenvalue weighted by Crippen LogP contribution is 2.09. The predicted molar refractivity (Wildman–Crippen MR) is 63.9 cm³/mol.